The minimum Gasteiger partial charge on any atom is -0.382 e. The van der Waals surface area contributed by atoms with Gasteiger partial charge in [0.15, 0.2) is 0 Å². The summed E-state index contributed by atoms with van der Waals surface area (Å²) in [4.78, 5) is 3.94. The van der Waals surface area contributed by atoms with Gasteiger partial charge in [-0.2, -0.15) is 5.10 Å². The minimum atomic E-state index is -0.690. The van der Waals surface area contributed by atoms with E-state index in [1.165, 1.54) is 0 Å². The Balaban J connectivity index is 2.29. The molecule has 0 aliphatic heterocycles. The zero-order chi connectivity index (χ0) is 9.97. The number of aromatic nitrogens is 3. The first-order valence-corrected chi connectivity index (χ1v) is 4.35. The van der Waals surface area contributed by atoms with Gasteiger partial charge < -0.3 is 5.11 Å². The van der Waals surface area contributed by atoms with Gasteiger partial charge in [-0.15, -0.1) is 0 Å². The summed E-state index contributed by atoms with van der Waals surface area (Å²) in [5.41, 5.74) is 1.40. The summed E-state index contributed by atoms with van der Waals surface area (Å²) in [5.74, 6) is 0. The Morgan fingerprint density at radius 1 is 1.43 bits per heavy atom. The van der Waals surface area contributed by atoms with Crippen molar-refractivity contribution in [1.82, 2.24) is 14.8 Å². The molecule has 72 valence electrons. The average Bonchev–Trinajstić information content (AvgIpc) is 2.65. The highest BCUT2D eigenvalue weighted by atomic mass is 16.3. The molecule has 1 N–H and O–H groups in total. The maximum Gasteiger partial charge on any atom is 0.124 e. The molecule has 0 fully saturated rings. The fourth-order valence-corrected chi connectivity index (χ4v) is 1.29. The van der Waals surface area contributed by atoms with Crippen LogP contribution in [0.4, 0.5) is 0 Å². The third-order valence-electron chi connectivity index (χ3n) is 2.01. The summed E-state index contributed by atoms with van der Waals surface area (Å²) in [7, 11) is 1.82. The fraction of sp³-hybridized carbons (Fsp3) is 0.200. The van der Waals surface area contributed by atoms with Gasteiger partial charge in [0.1, 0.15) is 6.10 Å². The molecule has 0 aromatic carbocycles. The molecule has 0 aliphatic rings. The lowest BCUT2D eigenvalue weighted by Crippen LogP contribution is -2.01. The molecule has 2 aromatic heterocycles. The summed E-state index contributed by atoms with van der Waals surface area (Å²) >= 11 is 0. The van der Waals surface area contributed by atoms with Crippen molar-refractivity contribution in [2.24, 2.45) is 7.05 Å². The van der Waals surface area contributed by atoms with E-state index in [-0.39, 0.29) is 0 Å². The number of aryl methyl sites for hydroxylation is 1. The van der Waals surface area contributed by atoms with Crippen LogP contribution in [0.2, 0.25) is 0 Å². The summed E-state index contributed by atoms with van der Waals surface area (Å²) in [6.45, 7) is 0. The Morgan fingerprint density at radius 3 is 2.86 bits per heavy atom. The van der Waals surface area contributed by atoms with Crippen LogP contribution in [0.3, 0.4) is 0 Å². The van der Waals surface area contributed by atoms with E-state index in [1.807, 2.05) is 13.1 Å². The third-order valence-corrected chi connectivity index (χ3v) is 2.01. The molecule has 0 bridgehead atoms. The topological polar surface area (TPSA) is 50.9 Å². The maximum absolute atomic E-state index is 9.89. The smallest absolute Gasteiger partial charge is 0.124 e. The zero-order valence-electron chi connectivity index (χ0n) is 7.83. The van der Waals surface area contributed by atoms with Crippen molar-refractivity contribution in [2.45, 2.75) is 6.10 Å². The molecule has 0 amide bonds. The zero-order valence-corrected chi connectivity index (χ0v) is 7.83. The second-order valence-electron chi connectivity index (χ2n) is 3.10. The van der Waals surface area contributed by atoms with E-state index >= 15 is 0 Å². The molecule has 2 heterocycles. The summed E-state index contributed by atoms with van der Waals surface area (Å²) in [6.07, 6.45) is 4.42. The van der Waals surface area contributed by atoms with Gasteiger partial charge in [0.2, 0.25) is 0 Å². The summed E-state index contributed by atoms with van der Waals surface area (Å²) < 4.78 is 1.66. The molecule has 2 aromatic rings. The Bertz CT molecular complexity index is 410. The highest BCUT2D eigenvalue weighted by molar-refractivity contribution is 5.21. The molecular weight excluding hydrogens is 178 g/mol. The highest BCUT2D eigenvalue weighted by Crippen LogP contribution is 2.18. The predicted octanol–water partition coefficient (Wildman–Crippen LogP) is 0.897. The molecule has 14 heavy (non-hydrogen) atoms. The Labute approximate surface area is 81.8 Å². The molecule has 0 saturated carbocycles. The lowest BCUT2D eigenvalue weighted by Gasteiger charge is -2.06. The van der Waals surface area contributed by atoms with Crippen LogP contribution in [-0.4, -0.2) is 19.9 Å². The van der Waals surface area contributed by atoms with E-state index < -0.39 is 6.10 Å². The van der Waals surface area contributed by atoms with Crippen LogP contribution in [0.15, 0.2) is 36.8 Å². The summed E-state index contributed by atoms with van der Waals surface area (Å²) in [5, 5.41) is 14.0. The second-order valence-corrected chi connectivity index (χ2v) is 3.10. The van der Waals surface area contributed by atoms with Crippen molar-refractivity contribution >= 4 is 0 Å². The van der Waals surface area contributed by atoms with Gasteiger partial charge in [0.25, 0.3) is 0 Å². The van der Waals surface area contributed by atoms with Gasteiger partial charge in [-0.05, 0) is 12.1 Å². The molecule has 0 saturated heterocycles. The monoisotopic (exact) mass is 189 g/mol. The number of aliphatic hydroxyl groups excluding tert-OH is 1. The number of pyridine rings is 1. The van der Waals surface area contributed by atoms with Gasteiger partial charge >= 0.3 is 0 Å². The van der Waals surface area contributed by atoms with E-state index in [1.54, 1.807) is 35.4 Å². The quantitative estimate of drug-likeness (QED) is 0.763. The number of rotatable bonds is 2. The molecule has 4 nitrogen and oxygen atoms in total. The summed E-state index contributed by atoms with van der Waals surface area (Å²) in [6, 6.07) is 5.41. The average molecular weight is 189 g/mol. The molecule has 1 unspecified atom stereocenters. The van der Waals surface area contributed by atoms with Gasteiger partial charge in [-0.1, -0.05) is 6.07 Å². The highest BCUT2D eigenvalue weighted by Gasteiger charge is 2.12. The van der Waals surface area contributed by atoms with E-state index in [2.05, 4.69) is 10.1 Å². The Morgan fingerprint density at radius 2 is 2.29 bits per heavy atom. The molecule has 4 heteroatoms. The van der Waals surface area contributed by atoms with Crippen molar-refractivity contribution in [2.75, 3.05) is 0 Å². The predicted molar refractivity (Wildman–Crippen MR) is 51.5 cm³/mol. The van der Waals surface area contributed by atoms with Crippen molar-refractivity contribution in [3.8, 4) is 0 Å². The first-order chi connectivity index (χ1) is 6.77. The van der Waals surface area contributed by atoms with Crippen LogP contribution in [-0.2, 0) is 7.05 Å². The standard InChI is InChI=1S/C10H11N3O/c1-13-6-4-9(12-13)10(14)8-3-2-5-11-7-8/h2-7,10,14H,1H3. The van der Waals surface area contributed by atoms with Crippen LogP contribution >= 0.6 is 0 Å². The maximum atomic E-state index is 9.89. The molecule has 0 aliphatic carbocycles. The molecule has 0 radical (unpaired) electrons. The third kappa shape index (κ3) is 1.65. The van der Waals surface area contributed by atoms with E-state index in [9.17, 15) is 5.11 Å². The largest absolute Gasteiger partial charge is 0.382 e. The van der Waals surface area contributed by atoms with Crippen molar-refractivity contribution in [3.05, 3.63) is 48.0 Å². The van der Waals surface area contributed by atoms with Crippen LogP contribution in [0.1, 0.15) is 17.4 Å². The minimum absolute atomic E-state index is 0.639. The van der Waals surface area contributed by atoms with Crippen LogP contribution < -0.4 is 0 Å². The van der Waals surface area contributed by atoms with Crippen molar-refractivity contribution in [1.29, 1.82) is 0 Å². The molecule has 1 atom stereocenters. The molecular formula is C10H11N3O. The SMILES string of the molecule is Cn1ccc(C(O)c2cccnc2)n1. The normalized spacial score (nSPS) is 12.7. The van der Waals surface area contributed by atoms with Gasteiger partial charge in [-0.25, -0.2) is 0 Å². The van der Waals surface area contributed by atoms with Crippen molar-refractivity contribution in [3.63, 3.8) is 0 Å². The lowest BCUT2D eigenvalue weighted by atomic mass is 10.1. The number of hydrogen-bond donors (Lipinski definition) is 1. The van der Waals surface area contributed by atoms with Gasteiger partial charge in [-0.3, -0.25) is 9.67 Å². The van der Waals surface area contributed by atoms with Crippen LogP contribution in [0.5, 0.6) is 0 Å². The lowest BCUT2D eigenvalue weighted by molar-refractivity contribution is 0.214. The first kappa shape index (κ1) is 8.90. The Kier molecular flexibility index (Phi) is 2.28. The van der Waals surface area contributed by atoms with Gasteiger partial charge in [0.05, 0.1) is 5.69 Å². The first-order valence-electron chi connectivity index (χ1n) is 4.35. The fourth-order valence-electron chi connectivity index (χ4n) is 1.29. The molecule has 0 spiro atoms. The van der Waals surface area contributed by atoms with Crippen molar-refractivity contribution < 1.29 is 5.11 Å². The number of aliphatic hydroxyl groups is 1. The van der Waals surface area contributed by atoms with Crippen LogP contribution in [0, 0.1) is 0 Å². The second kappa shape index (κ2) is 3.59. The Hall–Kier alpha value is -1.68. The molecule has 2 rings (SSSR count). The van der Waals surface area contributed by atoms with E-state index in [0.29, 0.717) is 5.69 Å². The van der Waals surface area contributed by atoms with E-state index in [4.69, 9.17) is 0 Å². The number of hydrogen-bond acceptors (Lipinski definition) is 3. The number of nitrogens with zero attached hydrogens (tertiary/aromatic N) is 3. The van der Waals surface area contributed by atoms with Crippen LogP contribution in [0.25, 0.3) is 0 Å². The van der Waals surface area contributed by atoms with E-state index in [0.717, 1.165) is 5.56 Å². The van der Waals surface area contributed by atoms with Gasteiger partial charge in [0, 0.05) is 31.2 Å².